The van der Waals surface area contributed by atoms with Gasteiger partial charge < -0.3 is 5.32 Å². The van der Waals surface area contributed by atoms with Gasteiger partial charge in [-0.15, -0.1) is 0 Å². The molecule has 0 fully saturated rings. The molecule has 2 aromatic rings. The maximum atomic E-state index is 12.3. The van der Waals surface area contributed by atoms with Crippen molar-refractivity contribution >= 4 is 44.8 Å². The highest BCUT2D eigenvalue weighted by atomic mass is 35.5. The van der Waals surface area contributed by atoms with Crippen molar-refractivity contribution < 1.29 is 13.2 Å². The topological polar surface area (TPSA) is 75.3 Å². The Hall–Kier alpha value is -1.76. The monoisotopic (exact) mass is 386 g/mol. The second-order valence-electron chi connectivity index (χ2n) is 5.23. The molecule has 2 rings (SSSR count). The first-order chi connectivity index (χ1) is 11.2. The molecule has 0 heterocycles. The third kappa shape index (κ3) is 4.41. The molecule has 0 spiro atoms. The highest BCUT2D eigenvalue weighted by molar-refractivity contribution is 7.90. The Balaban J connectivity index is 2.12. The van der Waals surface area contributed by atoms with Crippen LogP contribution in [0.3, 0.4) is 0 Å². The van der Waals surface area contributed by atoms with Crippen molar-refractivity contribution in [3.05, 3.63) is 58.1 Å². The summed E-state index contributed by atoms with van der Waals surface area (Å²) >= 11 is 11.8. The van der Waals surface area contributed by atoms with Crippen LogP contribution in [0, 0.1) is 6.92 Å². The largest absolute Gasteiger partial charge is 0.373 e. The zero-order valence-electron chi connectivity index (χ0n) is 13.0. The average molecular weight is 387 g/mol. The van der Waals surface area contributed by atoms with E-state index in [0.717, 1.165) is 0 Å². The molecule has 1 atom stereocenters. The van der Waals surface area contributed by atoms with Crippen LogP contribution in [0.2, 0.25) is 10.0 Å². The lowest BCUT2D eigenvalue weighted by atomic mass is 10.2. The van der Waals surface area contributed by atoms with Gasteiger partial charge in [-0.2, -0.15) is 0 Å². The Kier molecular flexibility index (Phi) is 5.74. The molecule has 0 bridgehead atoms. The summed E-state index contributed by atoms with van der Waals surface area (Å²) in [5.74, 6) is -0.690. The Bertz CT molecular complexity index is 869. The van der Waals surface area contributed by atoms with Crippen LogP contribution in [-0.2, 0) is 14.8 Å². The number of aryl methyl sites for hydroxylation is 1. The van der Waals surface area contributed by atoms with Crippen LogP contribution in [0.1, 0.15) is 12.5 Å². The third-order valence-corrected chi connectivity index (χ3v) is 5.37. The molecule has 0 radical (unpaired) electrons. The van der Waals surface area contributed by atoms with Crippen molar-refractivity contribution in [1.29, 1.82) is 0 Å². The van der Waals surface area contributed by atoms with Gasteiger partial charge in [-0.1, -0.05) is 41.4 Å². The van der Waals surface area contributed by atoms with Gasteiger partial charge in [0.25, 0.3) is 15.9 Å². The van der Waals surface area contributed by atoms with Gasteiger partial charge in [0.05, 0.1) is 15.6 Å². The summed E-state index contributed by atoms with van der Waals surface area (Å²) in [6.45, 7) is 3.20. The number of sulfonamides is 1. The number of benzene rings is 2. The second-order valence-corrected chi connectivity index (χ2v) is 7.72. The molecular weight excluding hydrogens is 371 g/mol. The number of hydrogen-bond acceptors (Lipinski definition) is 4. The van der Waals surface area contributed by atoms with E-state index in [-0.39, 0.29) is 4.90 Å². The van der Waals surface area contributed by atoms with Crippen LogP contribution in [0.5, 0.6) is 0 Å². The summed E-state index contributed by atoms with van der Waals surface area (Å²) in [4.78, 5) is 12.3. The van der Waals surface area contributed by atoms with E-state index in [1.54, 1.807) is 37.3 Å². The molecule has 1 amide bonds. The molecule has 2 aromatic carbocycles. The molecule has 0 saturated carbocycles. The second kappa shape index (κ2) is 7.42. The molecular formula is C16H16Cl2N2O3S. The van der Waals surface area contributed by atoms with E-state index in [9.17, 15) is 13.2 Å². The predicted molar refractivity (Wildman–Crippen MR) is 96.1 cm³/mol. The number of anilines is 1. The Labute approximate surface area is 151 Å². The minimum atomic E-state index is -3.94. The number of halogens is 2. The van der Waals surface area contributed by atoms with E-state index in [0.29, 0.717) is 21.3 Å². The van der Waals surface area contributed by atoms with E-state index < -0.39 is 22.0 Å². The molecule has 0 aliphatic heterocycles. The maximum Gasteiger partial charge on any atom is 0.264 e. The van der Waals surface area contributed by atoms with Gasteiger partial charge in [-0.05, 0) is 43.7 Å². The summed E-state index contributed by atoms with van der Waals surface area (Å²) in [7, 11) is -3.94. The molecule has 24 heavy (non-hydrogen) atoms. The van der Waals surface area contributed by atoms with E-state index >= 15 is 0 Å². The third-order valence-electron chi connectivity index (χ3n) is 3.31. The highest BCUT2D eigenvalue weighted by Gasteiger charge is 2.23. The maximum absolute atomic E-state index is 12.3. The van der Waals surface area contributed by atoms with E-state index in [4.69, 9.17) is 23.2 Å². The molecule has 8 heteroatoms. The van der Waals surface area contributed by atoms with E-state index in [1.165, 1.54) is 19.1 Å². The predicted octanol–water partition coefficient (Wildman–Crippen LogP) is 3.61. The van der Waals surface area contributed by atoms with Gasteiger partial charge in [0.2, 0.25) is 0 Å². The number of hydrogen-bond donors (Lipinski definition) is 2. The smallest absolute Gasteiger partial charge is 0.264 e. The SMILES string of the molecule is Cc1ccccc1S(=O)(=O)NC(=O)C(C)Nc1ccc(Cl)cc1Cl. The van der Waals surface area contributed by atoms with Crippen molar-refractivity contribution in [2.45, 2.75) is 24.8 Å². The fourth-order valence-corrected chi connectivity index (χ4v) is 3.80. The van der Waals surface area contributed by atoms with Gasteiger partial charge >= 0.3 is 0 Å². The van der Waals surface area contributed by atoms with Crippen molar-refractivity contribution in [1.82, 2.24) is 4.72 Å². The normalized spacial score (nSPS) is 12.5. The lowest BCUT2D eigenvalue weighted by Gasteiger charge is -2.17. The van der Waals surface area contributed by atoms with Crippen molar-refractivity contribution in [2.24, 2.45) is 0 Å². The summed E-state index contributed by atoms with van der Waals surface area (Å²) < 4.78 is 26.7. The molecule has 128 valence electrons. The van der Waals surface area contributed by atoms with Crippen LogP contribution < -0.4 is 10.0 Å². The fourth-order valence-electron chi connectivity index (χ4n) is 2.04. The van der Waals surface area contributed by atoms with Gasteiger partial charge in [0.1, 0.15) is 6.04 Å². The Morgan fingerprint density at radius 2 is 1.79 bits per heavy atom. The molecule has 0 aliphatic rings. The number of rotatable bonds is 5. The summed E-state index contributed by atoms with van der Waals surface area (Å²) in [6.07, 6.45) is 0. The Morgan fingerprint density at radius 3 is 2.42 bits per heavy atom. The quantitative estimate of drug-likeness (QED) is 0.822. The summed E-state index contributed by atoms with van der Waals surface area (Å²) in [5, 5.41) is 3.66. The first-order valence-electron chi connectivity index (χ1n) is 7.04. The number of carbonyl (C=O) groups is 1. The summed E-state index contributed by atoms with van der Waals surface area (Å²) in [5.41, 5.74) is 1.04. The number of nitrogens with one attached hydrogen (secondary N) is 2. The molecule has 0 saturated heterocycles. The minimum Gasteiger partial charge on any atom is -0.373 e. The van der Waals surface area contributed by atoms with Crippen molar-refractivity contribution in [3.63, 3.8) is 0 Å². The highest BCUT2D eigenvalue weighted by Crippen LogP contribution is 2.26. The molecule has 5 nitrogen and oxygen atoms in total. The fraction of sp³-hybridized carbons (Fsp3) is 0.188. The Morgan fingerprint density at radius 1 is 1.12 bits per heavy atom. The van der Waals surface area contributed by atoms with Crippen LogP contribution in [-0.4, -0.2) is 20.4 Å². The van der Waals surface area contributed by atoms with Gasteiger partial charge in [-0.25, -0.2) is 13.1 Å². The first kappa shape index (κ1) is 18.6. The molecule has 0 aliphatic carbocycles. The number of carbonyl (C=O) groups excluding carboxylic acids is 1. The standard InChI is InChI=1S/C16H16Cl2N2O3S/c1-10-5-3-4-6-15(10)24(22,23)20-16(21)11(2)19-14-8-7-12(17)9-13(14)18/h3-9,11,19H,1-2H3,(H,20,21). The van der Waals surface area contributed by atoms with Crippen molar-refractivity contribution in [3.8, 4) is 0 Å². The lowest BCUT2D eigenvalue weighted by Crippen LogP contribution is -2.41. The molecule has 2 N–H and O–H groups in total. The minimum absolute atomic E-state index is 0.0649. The molecule has 1 unspecified atom stereocenters. The summed E-state index contributed by atoms with van der Waals surface area (Å²) in [6, 6.07) is 10.4. The van der Waals surface area contributed by atoms with Gasteiger partial charge in [0, 0.05) is 5.02 Å². The van der Waals surface area contributed by atoms with Gasteiger partial charge in [0.15, 0.2) is 0 Å². The van der Waals surface area contributed by atoms with Gasteiger partial charge in [-0.3, -0.25) is 4.79 Å². The molecule has 0 aromatic heterocycles. The zero-order valence-corrected chi connectivity index (χ0v) is 15.3. The van der Waals surface area contributed by atoms with Crippen molar-refractivity contribution in [2.75, 3.05) is 5.32 Å². The average Bonchev–Trinajstić information content (AvgIpc) is 2.49. The first-order valence-corrected chi connectivity index (χ1v) is 9.28. The van der Waals surface area contributed by atoms with Crippen LogP contribution in [0.25, 0.3) is 0 Å². The lowest BCUT2D eigenvalue weighted by molar-refractivity contribution is -0.119. The van der Waals surface area contributed by atoms with E-state index in [1.807, 2.05) is 0 Å². The zero-order chi connectivity index (χ0) is 17.9. The van der Waals surface area contributed by atoms with Crippen LogP contribution in [0.4, 0.5) is 5.69 Å². The van der Waals surface area contributed by atoms with Crippen LogP contribution >= 0.6 is 23.2 Å². The van der Waals surface area contributed by atoms with E-state index in [2.05, 4.69) is 10.0 Å². The van der Waals surface area contributed by atoms with Crippen LogP contribution in [0.15, 0.2) is 47.4 Å². The number of amides is 1.